The van der Waals surface area contributed by atoms with Crippen molar-refractivity contribution in [3.63, 3.8) is 0 Å². The van der Waals surface area contributed by atoms with Crippen LogP contribution in [0.1, 0.15) is 5.56 Å². The summed E-state index contributed by atoms with van der Waals surface area (Å²) in [7, 11) is 1.27. The molecule has 0 aliphatic heterocycles. The van der Waals surface area contributed by atoms with Crippen LogP contribution < -0.4 is 15.9 Å². The number of benzene rings is 1. The molecule has 0 amide bonds. The molecule has 0 aromatic heterocycles. The molecule has 9 nitrogen and oxygen atoms in total. The molecule has 96 valence electrons. The van der Waals surface area contributed by atoms with E-state index in [0.29, 0.717) is 0 Å². The first kappa shape index (κ1) is 13.2. The van der Waals surface area contributed by atoms with Gasteiger partial charge in [0, 0.05) is 11.6 Å². The zero-order chi connectivity index (χ0) is 13.7. The number of nitro benzene ring substituents is 1. The van der Waals surface area contributed by atoms with Gasteiger partial charge in [0.25, 0.3) is 5.69 Å². The lowest BCUT2D eigenvalue weighted by Crippen LogP contribution is -2.25. The van der Waals surface area contributed by atoms with Gasteiger partial charge >= 0.3 is 0 Å². The third kappa shape index (κ3) is 3.07. The molecular formula is C9H11N5O4. The topological polar surface area (TPSA) is 147 Å². The summed E-state index contributed by atoms with van der Waals surface area (Å²) in [6.45, 7) is 0. The van der Waals surface area contributed by atoms with Crippen molar-refractivity contribution in [3.8, 4) is 11.5 Å². The minimum Gasteiger partial charge on any atom is -0.504 e. The zero-order valence-electron chi connectivity index (χ0n) is 9.38. The van der Waals surface area contributed by atoms with Gasteiger partial charge in [-0.05, 0) is 0 Å². The van der Waals surface area contributed by atoms with Crippen LogP contribution in [0.5, 0.6) is 11.5 Å². The molecule has 0 atom stereocenters. The molecule has 0 spiro atoms. The van der Waals surface area contributed by atoms with Crippen molar-refractivity contribution in [1.29, 1.82) is 5.41 Å². The van der Waals surface area contributed by atoms with Crippen molar-refractivity contribution in [2.75, 3.05) is 7.11 Å². The van der Waals surface area contributed by atoms with E-state index in [2.05, 4.69) is 10.5 Å². The van der Waals surface area contributed by atoms with Gasteiger partial charge in [-0.3, -0.25) is 15.5 Å². The molecule has 0 heterocycles. The second-order valence-electron chi connectivity index (χ2n) is 3.13. The zero-order valence-corrected chi connectivity index (χ0v) is 9.38. The molecule has 0 bridgehead atoms. The predicted octanol–water partition coefficient (Wildman–Crippen LogP) is 0.126. The summed E-state index contributed by atoms with van der Waals surface area (Å²) in [4.78, 5) is 10.0. The van der Waals surface area contributed by atoms with Gasteiger partial charge in [-0.15, -0.1) is 0 Å². The number of nitrogens with one attached hydrogen (secondary N) is 2. The number of aromatic hydroxyl groups is 1. The molecule has 0 fully saturated rings. The summed E-state index contributed by atoms with van der Waals surface area (Å²) in [5.74, 6) is -0.742. The Morgan fingerprint density at radius 2 is 2.39 bits per heavy atom. The number of hydrazone groups is 1. The molecule has 0 saturated heterocycles. The van der Waals surface area contributed by atoms with Crippen molar-refractivity contribution in [3.05, 3.63) is 27.8 Å². The Morgan fingerprint density at radius 3 is 2.89 bits per heavy atom. The Kier molecular flexibility index (Phi) is 4.02. The van der Waals surface area contributed by atoms with Gasteiger partial charge in [0.15, 0.2) is 11.5 Å². The van der Waals surface area contributed by atoms with Gasteiger partial charge in [0.05, 0.1) is 24.3 Å². The fourth-order valence-corrected chi connectivity index (χ4v) is 1.15. The Balaban J connectivity index is 3.16. The van der Waals surface area contributed by atoms with Gasteiger partial charge in [-0.1, -0.05) is 0 Å². The first-order valence-corrected chi connectivity index (χ1v) is 4.64. The van der Waals surface area contributed by atoms with E-state index in [1.54, 1.807) is 0 Å². The molecule has 5 N–H and O–H groups in total. The lowest BCUT2D eigenvalue weighted by molar-refractivity contribution is -0.385. The van der Waals surface area contributed by atoms with Crippen LogP contribution in [0.25, 0.3) is 0 Å². The first-order valence-electron chi connectivity index (χ1n) is 4.64. The summed E-state index contributed by atoms with van der Waals surface area (Å²) in [5.41, 5.74) is 6.92. The first-order chi connectivity index (χ1) is 8.45. The summed E-state index contributed by atoms with van der Waals surface area (Å²) in [5, 5.41) is 30.8. The van der Waals surface area contributed by atoms with E-state index in [1.807, 2.05) is 0 Å². The molecule has 0 aliphatic rings. The Labute approximate surface area is 102 Å². The highest BCUT2D eigenvalue weighted by Gasteiger charge is 2.15. The van der Waals surface area contributed by atoms with E-state index in [-0.39, 0.29) is 22.7 Å². The highest BCUT2D eigenvalue weighted by Crippen LogP contribution is 2.33. The van der Waals surface area contributed by atoms with Crippen LogP contribution in [0, 0.1) is 15.5 Å². The smallest absolute Gasteiger partial charge is 0.274 e. The number of hydrogen-bond donors (Lipinski definition) is 4. The monoisotopic (exact) mass is 253 g/mol. The van der Waals surface area contributed by atoms with Gasteiger partial charge < -0.3 is 15.6 Å². The lowest BCUT2D eigenvalue weighted by Gasteiger charge is -2.05. The van der Waals surface area contributed by atoms with Crippen LogP contribution in [0.2, 0.25) is 0 Å². The predicted molar refractivity (Wildman–Crippen MR) is 64.0 cm³/mol. The van der Waals surface area contributed by atoms with E-state index in [1.165, 1.54) is 7.11 Å². The van der Waals surface area contributed by atoms with E-state index in [9.17, 15) is 15.2 Å². The van der Waals surface area contributed by atoms with Crippen LogP contribution >= 0.6 is 0 Å². The lowest BCUT2D eigenvalue weighted by atomic mass is 10.2. The number of guanidine groups is 1. The average Bonchev–Trinajstić information content (AvgIpc) is 2.30. The number of non-ortho nitro benzene ring substituents is 1. The van der Waals surface area contributed by atoms with E-state index >= 15 is 0 Å². The Morgan fingerprint density at radius 1 is 1.72 bits per heavy atom. The molecule has 18 heavy (non-hydrogen) atoms. The normalized spacial score (nSPS) is 10.3. The van der Waals surface area contributed by atoms with Gasteiger partial charge in [-0.25, -0.2) is 5.43 Å². The Hall–Kier alpha value is -2.84. The van der Waals surface area contributed by atoms with Gasteiger partial charge in [0.2, 0.25) is 5.96 Å². The number of ether oxygens (including phenoxy) is 1. The standard InChI is InChI=1S/C9H11N5O4/c1-18-7-3-6(14(16)17)2-5(8(7)15)4-12-13-9(10)11/h2-4,15H,1H3,(H4,10,11,13). The summed E-state index contributed by atoms with van der Waals surface area (Å²) in [6.07, 6.45) is 1.09. The number of methoxy groups -OCH3 is 1. The van der Waals surface area contributed by atoms with E-state index < -0.39 is 10.9 Å². The number of nitro groups is 1. The number of hydrogen-bond acceptors (Lipinski definition) is 6. The minimum absolute atomic E-state index is 0.0477. The van der Waals surface area contributed by atoms with Crippen LogP contribution in [-0.4, -0.2) is 29.3 Å². The van der Waals surface area contributed by atoms with Crippen molar-refractivity contribution >= 4 is 17.9 Å². The van der Waals surface area contributed by atoms with Crippen LogP contribution in [0.3, 0.4) is 0 Å². The third-order valence-corrected chi connectivity index (χ3v) is 1.91. The van der Waals surface area contributed by atoms with Crippen LogP contribution in [0.15, 0.2) is 17.2 Å². The second kappa shape index (κ2) is 5.48. The molecule has 0 aliphatic carbocycles. The van der Waals surface area contributed by atoms with Crippen molar-refractivity contribution in [1.82, 2.24) is 5.43 Å². The molecular weight excluding hydrogens is 242 g/mol. The highest BCUT2D eigenvalue weighted by molar-refractivity contribution is 5.87. The molecule has 1 aromatic carbocycles. The minimum atomic E-state index is -0.627. The van der Waals surface area contributed by atoms with Crippen LogP contribution in [-0.2, 0) is 0 Å². The fraction of sp³-hybridized carbons (Fsp3) is 0.111. The highest BCUT2D eigenvalue weighted by atomic mass is 16.6. The van der Waals surface area contributed by atoms with Gasteiger partial charge in [0.1, 0.15) is 0 Å². The maximum absolute atomic E-state index is 10.7. The van der Waals surface area contributed by atoms with Crippen molar-refractivity contribution < 1.29 is 14.8 Å². The second-order valence-corrected chi connectivity index (χ2v) is 3.13. The summed E-state index contributed by atoms with van der Waals surface area (Å²) < 4.78 is 4.80. The summed E-state index contributed by atoms with van der Waals surface area (Å²) in [6, 6.07) is 2.20. The third-order valence-electron chi connectivity index (χ3n) is 1.91. The largest absolute Gasteiger partial charge is 0.504 e. The Bertz CT molecular complexity index is 514. The molecule has 1 rings (SSSR count). The summed E-state index contributed by atoms with van der Waals surface area (Å²) >= 11 is 0. The van der Waals surface area contributed by atoms with E-state index in [0.717, 1.165) is 18.3 Å². The fourth-order valence-electron chi connectivity index (χ4n) is 1.15. The van der Waals surface area contributed by atoms with E-state index in [4.69, 9.17) is 15.9 Å². The number of nitrogens with two attached hydrogens (primary N) is 1. The molecule has 0 saturated carbocycles. The van der Waals surface area contributed by atoms with Crippen molar-refractivity contribution in [2.24, 2.45) is 10.8 Å². The molecule has 0 radical (unpaired) electrons. The molecule has 1 aromatic rings. The molecule has 0 unspecified atom stereocenters. The molecule has 9 heteroatoms. The number of nitrogens with zero attached hydrogens (tertiary/aromatic N) is 2. The maximum Gasteiger partial charge on any atom is 0.274 e. The SMILES string of the molecule is COc1cc([N+](=O)[O-])cc(C=NNC(=N)N)c1O. The quantitative estimate of drug-likeness (QED) is 0.259. The number of phenols is 1. The number of rotatable bonds is 4. The number of phenolic OH excluding ortho intramolecular Hbond substituents is 1. The maximum atomic E-state index is 10.7. The average molecular weight is 253 g/mol. The van der Waals surface area contributed by atoms with Crippen LogP contribution in [0.4, 0.5) is 5.69 Å². The van der Waals surface area contributed by atoms with Gasteiger partial charge in [-0.2, -0.15) is 5.10 Å². The van der Waals surface area contributed by atoms with Crippen molar-refractivity contribution in [2.45, 2.75) is 0 Å².